The van der Waals surface area contributed by atoms with Crippen LogP contribution in [0.25, 0.3) is 0 Å². The number of anilines is 1. The van der Waals surface area contributed by atoms with E-state index in [4.69, 9.17) is 5.11 Å². The summed E-state index contributed by atoms with van der Waals surface area (Å²) in [5.74, 6) is -0.0275. The van der Waals surface area contributed by atoms with Crippen molar-refractivity contribution in [1.29, 1.82) is 0 Å². The first-order valence-electron chi connectivity index (χ1n) is 9.05. The summed E-state index contributed by atoms with van der Waals surface area (Å²) in [7, 11) is 0. The van der Waals surface area contributed by atoms with Crippen LogP contribution >= 0.6 is 11.8 Å². The smallest absolute Gasteiger partial charge is 0.238 e. The van der Waals surface area contributed by atoms with Gasteiger partial charge in [-0.2, -0.15) is 0 Å². The van der Waals surface area contributed by atoms with Gasteiger partial charge in [0.15, 0.2) is 0 Å². The van der Waals surface area contributed by atoms with Crippen LogP contribution in [0.15, 0.2) is 52.3 Å². The first-order valence-corrected chi connectivity index (χ1v) is 9.87. The van der Waals surface area contributed by atoms with Crippen LogP contribution in [0.5, 0.6) is 0 Å². The van der Waals surface area contributed by atoms with Gasteiger partial charge in [-0.1, -0.05) is 23.9 Å². The standard InChI is InChI=1S/C21H26N2O2S/c1-15-3-4-16(2)20(13-15)26-19-9-5-17(6-10-19)22-21(25)14-23(11-12-24)18-7-8-18/h3-6,9-10,13,18,24H,7-8,11-12,14H2,1-2H3,(H,22,25). The number of rotatable bonds is 8. The molecule has 138 valence electrons. The molecule has 1 aliphatic rings. The lowest BCUT2D eigenvalue weighted by Crippen LogP contribution is -2.36. The topological polar surface area (TPSA) is 52.6 Å². The summed E-state index contributed by atoms with van der Waals surface area (Å²) in [6, 6.07) is 14.9. The molecule has 1 aliphatic carbocycles. The Morgan fingerprint density at radius 2 is 1.92 bits per heavy atom. The summed E-state index contributed by atoms with van der Waals surface area (Å²) < 4.78 is 0. The van der Waals surface area contributed by atoms with E-state index in [2.05, 4.69) is 42.3 Å². The van der Waals surface area contributed by atoms with Crippen molar-refractivity contribution in [2.45, 2.75) is 42.5 Å². The van der Waals surface area contributed by atoms with Gasteiger partial charge >= 0.3 is 0 Å². The fraction of sp³-hybridized carbons (Fsp3) is 0.381. The molecule has 0 atom stereocenters. The summed E-state index contributed by atoms with van der Waals surface area (Å²) in [6.45, 7) is 5.21. The average Bonchev–Trinajstić information content (AvgIpc) is 3.44. The Morgan fingerprint density at radius 1 is 1.19 bits per heavy atom. The Kier molecular flexibility index (Phi) is 6.35. The number of carbonyl (C=O) groups excluding carboxylic acids is 1. The second kappa shape index (κ2) is 8.71. The number of nitrogens with one attached hydrogen (secondary N) is 1. The number of hydrogen-bond acceptors (Lipinski definition) is 4. The van der Waals surface area contributed by atoms with Crippen LogP contribution in [0.3, 0.4) is 0 Å². The normalized spacial score (nSPS) is 13.8. The summed E-state index contributed by atoms with van der Waals surface area (Å²) in [5, 5.41) is 12.1. The predicted molar refractivity (Wildman–Crippen MR) is 107 cm³/mol. The molecule has 3 rings (SSSR count). The lowest BCUT2D eigenvalue weighted by molar-refractivity contribution is -0.117. The highest BCUT2D eigenvalue weighted by Gasteiger charge is 2.29. The number of aliphatic hydroxyl groups is 1. The van der Waals surface area contributed by atoms with Crippen molar-refractivity contribution in [3.05, 3.63) is 53.6 Å². The van der Waals surface area contributed by atoms with Crippen molar-refractivity contribution >= 4 is 23.4 Å². The second-order valence-corrected chi connectivity index (χ2v) is 7.98. The Labute approximate surface area is 159 Å². The molecule has 0 bridgehead atoms. The first kappa shape index (κ1) is 19.0. The van der Waals surface area contributed by atoms with Gasteiger partial charge in [0, 0.05) is 28.1 Å². The third-order valence-corrected chi connectivity index (χ3v) is 5.67. The minimum atomic E-state index is -0.0275. The summed E-state index contributed by atoms with van der Waals surface area (Å²) >= 11 is 1.74. The highest BCUT2D eigenvalue weighted by molar-refractivity contribution is 7.99. The van der Waals surface area contributed by atoms with Gasteiger partial charge in [0.25, 0.3) is 0 Å². The zero-order valence-corrected chi connectivity index (χ0v) is 16.2. The largest absolute Gasteiger partial charge is 0.395 e. The van der Waals surface area contributed by atoms with E-state index in [1.807, 2.05) is 24.3 Å². The third-order valence-electron chi connectivity index (χ3n) is 4.51. The Morgan fingerprint density at radius 3 is 2.58 bits per heavy atom. The Balaban J connectivity index is 1.57. The van der Waals surface area contributed by atoms with Crippen molar-refractivity contribution in [2.24, 2.45) is 0 Å². The molecular weight excluding hydrogens is 344 g/mol. The molecule has 0 aliphatic heterocycles. The second-order valence-electron chi connectivity index (χ2n) is 6.87. The van der Waals surface area contributed by atoms with Gasteiger partial charge in [0.2, 0.25) is 5.91 Å². The molecule has 1 saturated carbocycles. The molecule has 1 fully saturated rings. The van der Waals surface area contributed by atoms with Crippen molar-refractivity contribution in [3.63, 3.8) is 0 Å². The average molecular weight is 371 g/mol. The van der Waals surface area contributed by atoms with Gasteiger partial charge in [0.1, 0.15) is 0 Å². The van der Waals surface area contributed by atoms with E-state index in [0.29, 0.717) is 19.1 Å². The maximum absolute atomic E-state index is 12.2. The van der Waals surface area contributed by atoms with Crippen LogP contribution in [0, 0.1) is 13.8 Å². The molecule has 0 spiro atoms. The van der Waals surface area contributed by atoms with Crippen molar-refractivity contribution in [1.82, 2.24) is 4.90 Å². The van der Waals surface area contributed by atoms with Crippen LogP contribution in [-0.4, -0.2) is 41.7 Å². The monoisotopic (exact) mass is 370 g/mol. The van der Waals surface area contributed by atoms with Crippen LogP contribution in [0.4, 0.5) is 5.69 Å². The maximum Gasteiger partial charge on any atom is 0.238 e. The molecule has 4 nitrogen and oxygen atoms in total. The minimum Gasteiger partial charge on any atom is -0.395 e. The number of aliphatic hydroxyl groups excluding tert-OH is 1. The quantitative estimate of drug-likeness (QED) is 0.741. The zero-order valence-electron chi connectivity index (χ0n) is 15.4. The SMILES string of the molecule is Cc1ccc(C)c(Sc2ccc(NC(=O)CN(CCO)C3CC3)cc2)c1. The number of amides is 1. The molecule has 0 aromatic heterocycles. The first-order chi connectivity index (χ1) is 12.5. The van der Waals surface area contributed by atoms with E-state index < -0.39 is 0 Å². The van der Waals surface area contributed by atoms with Crippen LogP contribution in [-0.2, 0) is 4.79 Å². The van der Waals surface area contributed by atoms with Crippen LogP contribution < -0.4 is 5.32 Å². The molecule has 2 N–H and O–H groups in total. The molecule has 2 aromatic rings. The van der Waals surface area contributed by atoms with Crippen LogP contribution in [0.2, 0.25) is 0 Å². The van der Waals surface area contributed by atoms with Gasteiger partial charge in [-0.3, -0.25) is 9.69 Å². The van der Waals surface area contributed by atoms with Gasteiger partial charge < -0.3 is 10.4 Å². The molecule has 1 amide bonds. The minimum absolute atomic E-state index is 0.0275. The number of hydrogen-bond donors (Lipinski definition) is 2. The molecule has 0 radical (unpaired) electrons. The van der Waals surface area contributed by atoms with E-state index in [1.165, 1.54) is 16.0 Å². The Bertz CT molecular complexity index is 757. The number of aryl methyl sites for hydroxylation is 2. The van der Waals surface area contributed by atoms with E-state index in [-0.39, 0.29) is 12.5 Å². The van der Waals surface area contributed by atoms with Crippen molar-refractivity contribution < 1.29 is 9.90 Å². The number of nitrogens with zero attached hydrogens (tertiary/aromatic N) is 1. The predicted octanol–water partition coefficient (Wildman–Crippen LogP) is 3.85. The maximum atomic E-state index is 12.2. The number of carbonyl (C=O) groups is 1. The van der Waals surface area contributed by atoms with Gasteiger partial charge in [-0.05, 0) is 68.1 Å². The lowest BCUT2D eigenvalue weighted by atomic mass is 10.2. The van der Waals surface area contributed by atoms with Gasteiger partial charge in [-0.25, -0.2) is 0 Å². The van der Waals surface area contributed by atoms with Gasteiger partial charge in [-0.15, -0.1) is 0 Å². The summed E-state index contributed by atoms with van der Waals surface area (Å²) in [5.41, 5.74) is 3.33. The van der Waals surface area contributed by atoms with Crippen molar-refractivity contribution in [2.75, 3.05) is 25.0 Å². The van der Waals surface area contributed by atoms with E-state index in [0.717, 1.165) is 23.4 Å². The molecule has 0 saturated heterocycles. The van der Waals surface area contributed by atoms with Crippen LogP contribution in [0.1, 0.15) is 24.0 Å². The highest BCUT2D eigenvalue weighted by atomic mass is 32.2. The molecule has 26 heavy (non-hydrogen) atoms. The molecular formula is C21H26N2O2S. The fourth-order valence-corrected chi connectivity index (χ4v) is 3.89. The highest BCUT2D eigenvalue weighted by Crippen LogP contribution is 2.31. The summed E-state index contributed by atoms with van der Waals surface area (Å²) in [4.78, 5) is 16.7. The summed E-state index contributed by atoms with van der Waals surface area (Å²) in [6.07, 6.45) is 2.25. The number of benzene rings is 2. The lowest BCUT2D eigenvalue weighted by Gasteiger charge is -2.20. The van der Waals surface area contributed by atoms with Crippen molar-refractivity contribution in [3.8, 4) is 0 Å². The molecule has 0 heterocycles. The fourth-order valence-electron chi connectivity index (χ4n) is 2.89. The molecule has 0 unspecified atom stereocenters. The van der Waals surface area contributed by atoms with E-state index in [1.54, 1.807) is 11.8 Å². The third kappa shape index (κ3) is 5.34. The molecule has 2 aromatic carbocycles. The molecule has 5 heteroatoms. The van der Waals surface area contributed by atoms with E-state index >= 15 is 0 Å². The van der Waals surface area contributed by atoms with Gasteiger partial charge in [0.05, 0.1) is 13.2 Å². The zero-order chi connectivity index (χ0) is 18.5. The Hall–Kier alpha value is -1.82. The van der Waals surface area contributed by atoms with E-state index in [9.17, 15) is 4.79 Å².